The number of carbonyl (C=O) groups excluding carboxylic acids is 1. The SMILES string of the molecule is Cc1nc(COc2ccc(C(=O)N3CCN(Cc4ccc(C(F)(F)F)cc4)CC3)cc2)no1. The number of hydrogen-bond acceptors (Lipinski definition) is 6. The number of rotatable bonds is 6. The van der Waals surface area contributed by atoms with Crippen molar-refractivity contribution in [2.45, 2.75) is 26.3 Å². The highest BCUT2D eigenvalue weighted by atomic mass is 19.4. The molecule has 0 saturated carbocycles. The Hall–Kier alpha value is -3.40. The maximum atomic E-state index is 12.8. The molecule has 0 atom stereocenters. The van der Waals surface area contributed by atoms with Crippen LogP contribution in [0.2, 0.25) is 0 Å². The second-order valence-electron chi connectivity index (χ2n) is 7.81. The van der Waals surface area contributed by atoms with Crippen LogP contribution in [0.25, 0.3) is 0 Å². The highest BCUT2D eigenvalue weighted by Gasteiger charge is 2.30. The largest absolute Gasteiger partial charge is 0.485 e. The fraction of sp³-hybridized carbons (Fsp3) is 0.348. The molecule has 1 fully saturated rings. The Labute approximate surface area is 188 Å². The monoisotopic (exact) mass is 460 g/mol. The van der Waals surface area contributed by atoms with Crippen LogP contribution in [-0.4, -0.2) is 52.0 Å². The number of carbonyl (C=O) groups is 1. The van der Waals surface area contributed by atoms with Crippen molar-refractivity contribution in [3.63, 3.8) is 0 Å². The van der Waals surface area contributed by atoms with Gasteiger partial charge >= 0.3 is 6.18 Å². The number of benzene rings is 2. The average molecular weight is 460 g/mol. The summed E-state index contributed by atoms with van der Waals surface area (Å²) < 4.78 is 48.6. The number of aromatic nitrogens is 2. The van der Waals surface area contributed by atoms with Crippen molar-refractivity contribution in [1.29, 1.82) is 0 Å². The normalized spacial score (nSPS) is 15.0. The Morgan fingerprint density at radius 2 is 1.70 bits per heavy atom. The van der Waals surface area contributed by atoms with Crippen LogP contribution in [0.4, 0.5) is 13.2 Å². The number of halogens is 3. The Balaban J connectivity index is 1.25. The summed E-state index contributed by atoms with van der Waals surface area (Å²) in [5.74, 6) is 1.44. The lowest BCUT2D eigenvalue weighted by atomic mass is 10.1. The minimum absolute atomic E-state index is 0.0653. The van der Waals surface area contributed by atoms with Crippen LogP contribution in [-0.2, 0) is 19.3 Å². The molecule has 1 amide bonds. The van der Waals surface area contributed by atoms with Gasteiger partial charge in [0.05, 0.1) is 5.56 Å². The number of piperazine rings is 1. The Morgan fingerprint density at radius 1 is 1.03 bits per heavy atom. The summed E-state index contributed by atoms with van der Waals surface area (Å²) in [6.45, 7) is 4.82. The van der Waals surface area contributed by atoms with Crippen molar-refractivity contribution in [2.75, 3.05) is 26.2 Å². The quantitative estimate of drug-likeness (QED) is 0.555. The van der Waals surface area contributed by atoms with Crippen LogP contribution in [0.15, 0.2) is 53.1 Å². The van der Waals surface area contributed by atoms with Crippen LogP contribution in [0, 0.1) is 6.92 Å². The fourth-order valence-electron chi connectivity index (χ4n) is 3.59. The molecule has 2 aromatic carbocycles. The van der Waals surface area contributed by atoms with Crippen LogP contribution >= 0.6 is 0 Å². The molecule has 1 saturated heterocycles. The van der Waals surface area contributed by atoms with Crippen LogP contribution < -0.4 is 4.74 Å². The zero-order valence-electron chi connectivity index (χ0n) is 18.0. The highest BCUT2D eigenvalue weighted by Crippen LogP contribution is 2.29. The molecule has 0 bridgehead atoms. The molecule has 0 radical (unpaired) electrons. The molecule has 174 valence electrons. The Bertz CT molecular complexity index is 1070. The topological polar surface area (TPSA) is 71.7 Å². The zero-order valence-corrected chi connectivity index (χ0v) is 18.0. The molecule has 1 aliphatic heterocycles. The first-order valence-electron chi connectivity index (χ1n) is 10.5. The van der Waals surface area contributed by atoms with Gasteiger partial charge in [-0.3, -0.25) is 9.69 Å². The molecule has 0 spiro atoms. The first kappa shape index (κ1) is 22.8. The molecule has 0 N–H and O–H groups in total. The van der Waals surface area contributed by atoms with Gasteiger partial charge < -0.3 is 14.2 Å². The molecule has 0 aliphatic carbocycles. The molecular formula is C23H23F3N4O3. The summed E-state index contributed by atoms with van der Waals surface area (Å²) in [6.07, 6.45) is -4.33. The van der Waals surface area contributed by atoms with Gasteiger partial charge in [-0.1, -0.05) is 17.3 Å². The smallest absolute Gasteiger partial charge is 0.416 e. The lowest BCUT2D eigenvalue weighted by Crippen LogP contribution is -2.48. The second kappa shape index (κ2) is 9.62. The molecule has 1 aliphatic rings. The average Bonchev–Trinajstić information content (AvgIpc) is 3.23. The maximum absolute atomic E-state index is 12.8. The van der Waals surface area contributed by atoms with E-state index in [1.165, 1.54) is 12.1 Å². The second-order valence-corrected chi connectivity index (χ2v) is 7.81. The van der Waals surface area contributed by atoms with E-state index in [2.05, 4.69) is 15.0 Å². The first-order valence-corrected chi connectivity index (χ1v) is 10.5. The van der Waals surface area contributed by atoms with Gasteiger partial charge in [-0.05, 0) is 42.0 Å². The van der Waals surface area contributed by atoms with Gasteiger partial charge in [0.2, 0.25) is 11.7 Å². The first-order chi connectivity index (χ1) is 15.8. The third kappa shape index (κ3) is 5.89. The Kier molecular flexibility index (Phi) is 6.64. The van der Waals surface area contributed by atoms with Gasteiger partial charge in [0, 0.05) is 45.2 Å². The molecule has 7 nitrogen and oxygen atoms in total. The van der Waals surface area contributed by atoms with Crippen LogP contribution in [0.1, 0.15) is 33.2 Å². The minimum Gasteiger partial charge on any atom is -0.485 e. The molecule has 4 rings (SSSR count). The van der Waals surface area contributed by atoms with Gasteiger partial charge in [0.1, 0.15) is 5.75 Å². The van der Waals surface area contributed by atoms with Crippen molar-refractivity contribution in [3.8, 4) is 5.75 Å². The third-order valence-corrected chi connectivity index (χ3v) is 5.39. The molecule has 0 unspecified atom stereocenters. The molecule has 10 heteroatoms. The lowest BCUT2D eigenvalue weighted by molar-refractivity contribution is -0.137. The van der Waals surface area contributed by atoms with Gasteiger partial charge in [-0.15, -0.1) is 0 Å². The van der Waals surface area contributed by atoms with Crippen LogP contribution in [0.5, 0.6) is 5.75 Å². The van der Waals surface area contributed by atoms with Gasteiger partial charge in [0.15, 0.2) is 6.61 Å². The zero-order chi connectivity index (χ0) is 23.4. The van der Waals surface area contributed by atoms with E-state index in [4.69, 9.17) is 9.26 Å². The van der Waals surface area contributed by atoms with E-state index in [1.807, 2.05) is 0 Å². The molecular weight excluding hydrogens is 437 g/mol. The van der Waals surface area contributed by atoms with E-state index >= 15 is 0 Å². The van der Waals surface area contributed by atoms with Crippen molar-refractivity contribution in [1.82, 2.24) is 19.9 Å². The van der Waals surface area contributed by atoms with E-state index in [9.17, 15) is 18.0 Å². The van der Waals surface area contributed by atoms with E-state index in [0.29, 0.717) is 55.8 Å². The van der Waals surface area contributed by atoms with Gasteiger partial charge in [-0.2, -0.15) is 18.2 Å². The number of amides is 1. The predicted octanol–water partition coefficient (Wildman–Crippen LogP) is 3.93. The predicted molar refractivity (Wildman–Crippen MR) is 112 cm³/mol. The molecule has 33 heavy (non-hydrogen) atoms. The summed E-state index contributed by atoms with van der Waals surface area (Å²) in [6, 6.07) is 12.1. The lowest BCUT2D eigenvalue weighted by Gasteiger charge is -2.34. The summed E-state index contributed by atoms with van der Waals surface area (Å²) in [5, 5.41) is 3.76. The maximum Gasteiger partial charge on any atom is 0.416 e. The minimum atomic E-state index is -4.33. The molecule has 3 aromatic rings. The number of alkyl halides is 3. The molecule has 2 heterocycles. The molecule has 1 aromatic heterocycles. The van der Waals surface area contributed by atoms with E-state index in [0.717, 1.165) is 17.7 Å². The van der Waals surface area contributed by atoms with Gasteiger partial charge in [-0.25, -0.2) is 0 Å². The number of ether oxygens (including phenoxy) is 1. The number of nitrogens with zero attached hydrogens (tertiary/aromatic N) is 4. The van der Waals surface area contributed by atoms with Gasteiger partial charge in [0.25, 0.3) is 5.91 Å². The number of aryl methyl sites for hydroxylation is 1. The summed E-state index contributed by atoms with van der Waals surface area (Å²) in [4.78, 5) is 20.8. The highest BCUT2D eigenvalue weighted by molar-refractivity contribution is 5.94. The van der Waals surface area contributed by atoms with Crippen molar-refractivity contribution in [3.05, 3.63) is 76.9 Å². The summed E-state index contributed by atoms with van der Waals surface area (Å²) in [5.41, 5.74) is 0.728. The van der Waals surface area contributed by atoms with Crippen LogP contribution in [0.3, 0.4) is 0 Å². The van der Waals surface area contributed by atoms with Crippen molar-refractivity contribution in [2.24, 2.45) is 0 Å². The number of hydrogen-bond donors (Lipinski definition) is 0. The van der Waals surface area contributed by atoms with Crippen molar-refractivity contribution < 1.29 is 27.2 Å². The van der Waals surface area contributed by atoms with E-state index in [1.54, 1.807) is 36.1 Å². The van der Waals surface area contributed by atoms with E-state index in [-0.39, 0.29) is 12.5 Å². The summed E-state index contributed by atoms with van der Waals surface area (Å²) in [7, 11) is 0. The summed E-state index contributed by atoms with van der Waals surface area (Å²) >= 11 is 0. The standard InChI is InChI=1S/C23H23F3N4O3/c1-16-27-21(28-33-16)15-32-20-8-4-18(5-9-20)22(31)30-12-10-29(11-13-30)14-17-2-6-19(7-3-17)23(24,25)26/h2-9H,10-15H2,1H3. The Morgan fingerprint density at radius 3 is 2.27 bits per heavy atom. The van der Waals surface area contributed by atoms with Crippen molar-refractivity contribution >= 4 is 5.91 Å². The third-order valence-electron chi connectivity index (χ3n) is 5.39. The van der Waals surface area contributed by atoms with E-state index < -0.39 is 11.7 Å². The fourth-order valence-corrected chi connectivity index (χ4v) is 3.59.